The maximum atomic E-state index is 13.0. The number of amides is 1. The molecule has 1 aromatic carbocycles. The van der Waals surface area contributed by atoms with Crippen LogP contribution in [-0.2, 0) is 17.1 Å². The van der Waals surface area contributed by atoms with E-state index in [9.17, 15) is 31.1 Å². The van der Waals surface area contributed by atoms with E-state index in [-0.39, 0.29) is 17.9 Å². The smallest absolute Gasteiger partial charge is 0.285 e. The van der Waals surface area contributed by atoms with E-state index < -0.39 is 35.0 Å². The minimum atomic E-state index is -4.99. The first kappa shape index (κ1) is 23.9. The molecule has 0 fully saturated rings. The van der Waals surface area contributed by atoms with Crippen LogP contribution >= 0.6 is 0 Å². The second-order valence-electron chi connectivity index (χ2n) is 7.06. The SMILES string of the molecule is CC1=NC(C)CC(NNC(=O)C=Cn2cnc(-c3cc(C(F)(F)F)cc(C(F)(F)F)c3)n2)=N1. The zero-order valence-electron chi connectivity index (χ0n) is 17.2. The minimum absolute atomic E-state index is 0.000256. The molecule has 1 aliphatic heterocycles. The van der Waals surface area contributed by atoms with Gasteiger partial charge in [0.05, 0.1) is 17.2 Å². The zero-order chi connectivity index (χ0) is 24.4. The van der Waals surface area contributed by atoms with E-state index in [4.69, 9.17) is 0 Å². The maximum Gasteiger partial charge on any atom is 0.416 e. The summed E-state index contributed by atoms with van der Waals surface area (Å²) in [6, 6.07) is 1.06. The quantitative estimate of drug-likeness (QED) is 0.404. The summed E-state index contributed by atoms with van der Waals surface area (Å²) in [5.74, 6) is 0.0698. The van der Waals surface area contributed by atoms with Crippen LogP contribution in [0.1, 0.15) is 31.4 Å². The number of halogens is 6. The minimum Gasteiger partial charge on any atom is -0.285 e. The molecule has 14 heteroatoms. The van der Waals surface area contributed by atoms with E-state index in [0.717, 1.165) is 23.3 Å². The van der Waals surface area contributed by atoms with Gasteiger partial charge < -0.3 is 0 Å². The number of hydrogen-bond acceptors (Lipinski definition) is 6. The third-order valence-electron chi connectivity index (χ3n) is 4.26. The van der Waals surface area contributed by atoms with Gasteiger partial charge in [0.2, 0.25) is 0 Å². The van der Waals surface area contributed by atoms with E-state index in [0.29, 0.717) is 30.2 Å². The topological polar surface area (TPSA) is 96.6 Å². The van der Waals surface area contributed by atoms with Crippen molar-refractivity contribution < 1.29 is 31.1 Å². The van der Waals surface area contributed by atoms with Gasteiger partial charge in [-0.05, 0) is 32.0 Å². The van der Waals surface area contributed by atoms with E-state index in [1.165, 1.54) is 0 Å². The summed E-state index contributed by atoms with van der Waals surface area (Å²) in [6.07, 6.45) is -6.30. The molecule has 0 bridgehead atoms. The maximum absolute atomic E-state index is 13.0. The van der Waals surface area contributed by atoms with Gasteiger partial charge in [0.15, 0.2) is 5.82 Å². The normalized spacial score (nSPS) is 17.0. The monoisotopic (exact) mass is 473 g/mol. The predicted molar refractivity (Wildman–Crippen MR) is 107 cm³/mol. The summed E-state index contributed by atoms with van der Waals surface area (Å²) >= 11 is 0. The number of alkyl halides is 6. The van der Waals surface area contributed by atoms with E-state index in [2.05, 4.69) is 30.9 Å². The van der Waals surface area contributed by atoms with E-state index >= 15 is 0 Å². The molecule has 2 aromatic rings. The molecule has 1 aliphatic rings. The molecule has 0 spiro atoms. The van der Waals surface area contributed by atoms with Crippen LogP contribution in [0.25, 0.3) is 17.6 Å². The lowest BCUT2D eigenvalue weighted by Gasteiger charge is -2.16. The number of hydrogen-bond donors (Lipinski definition) is 2. The highest BCUT2D eigenvalue weighted by molar-refractivity contribution is 5.99. The van der Waals surface area contributed by atoms with Gasteiger partial charge in [-0.3, -0.25) is 20.6 Å². The average Bonchev–Trinajstić information content (AvgIpc) is 3.17. The van der Waals surface area contributed by atoms with Crippen molar-refractivity contribution in [3.63, 3.8) is 0 Å². The van der Waals surface area contributed by atoms with Crippen molar-refractivity contribution in [3.8, 4) is 11.4 Å². The third-order valence-corrected chi connectivity index (χ3v) is 4.26. The highest BCUT2D eigenvalue weighted by Gasteiger charge is 2.37. The number of aromatic nitrogens is 3. The molecule has 0 aliphatic carbocycles. The molecule has 8 nitrogen and oxygen atoms in total. The number of nitrogens with zero attached hydrogens (tertiary/aromatic N) is 5. The molecular weight excluding hydrogens is 456 g/mol. The van der Waals surface area contributed by atoms with Crippen LogP contribution in [0, 0.1) is 0 Å². The Balaban J connectivity index is 1.72. The van der Waals surface area contributed by atoms with E-state index in [1.54, 1.807) is 6.92 Å². The van der Waals surface area contributed by atoms with Gasteiger partial charge in [0.25, 0.3) is 5.91 Å². The van der Waals surface area contributed by atoms with Crippen LogP contribution < -0.4 is 10.9 Å². The lowest BCUT2D eigenvalue weighted by molar-refractivity contribution is -0.143. The molecule has 2 N–H and O–H groups in total. The van der Waals surface area contributed by atoms with Crippen molar-refractivity contribution in [2.45, 2.75) is 38.7 Å². The van der Waals surface area contributed by atoms with Gasteiger partial charge in [-0.1, -0.05) is 0 Å². The summed E-state index contributed by atoms with van der Waals surface area (Å²) in [5.41, 5.74) is 1.59. The number of aliphatic imine (C=N–C) groups is 2. The van der Waals surface area contributed by atoms with Crippen LogP contribution in [0.2, 0.25) is 0 Å². The molecule has 1 unspecified atom stereocenters. The number of rotatable bonds is 3. The number of hydrazine groups is 1. The van der Waals surface area contributed by atoms with Crippen LogP contribution in [0.5, 0.6) is 0 Å². The first-order chi connectivity index (χ1) is 15.3. The van der Waals surface area contributed by atoms with Gasteiger partial charge in [-0.15, -0.1) is 5.10 Å². The zero-order valence-corrected chi connectivity index (χ0v) is 17.2. The first-order valence-electron chi connectivity index (χ1n) is 9.38. The Bertz CT molecular complexity index is 1100. The lowest BCUT2D eigenvalue weighted by Crippen LogP contribution is -2.43. The average molecular weight is 473 g/mol. The number of nitrogens with one attached hydrogen (secondary N) is 2. The fourth-order valence-electron chi connectivity index (χ4n) is 2.88. The van der Waals surface area contributed by atoms with Gasteiger partial charge in [0.1, 0.15) is 18.0 Å². The third kappa shape index (κ3) is 6.40. The number of amidine groups is 2. The summed E-state index contributed by atoms with van der Waals surface area (Å²) < 4.78 is 79.1. The Morgan fingerprint density at radius 2 is 1.76 bits per heavy atom. The molecule has 1 atom stereocenters. The molecule has 33 heavy (non-hydrogen) atoms. The van der Waals surface area contributed by atoms with Crippen molar-refractivity contribution >= 4 is 23.8 Å². The van der Waals surface area contributed by atoms with E-state index in [1.807, 2.05) is 6.92 Å². The highest BCUT2D eigenvalue weighted by Crippen LogP contribution is 2.38. The van der Waals surface area contributed by atoms with Crippen LogP contribution in [0.15, 0.2) is 40.6 Å². The Labute approximate surface area is 183 Å². The lowest BCUT2D eigenvalue weighted by atomic mass is 10.0. The van der Waals surface area contributed by atoms with Gasteiger partial charge >= 0.3 is 12.4 Å². The summed E-state index contributed by atoms with van der Waals surface area (Å²) in [7, 11) is 0. The molecular formula is C19H17F6N7O. The fraction of sp³-hybridized carbons (Fsp3) is 0.316. The predicted octanol–water partition coefficient (Wildman–Crippen LogP) is 3.68. The van der Waals surface area contributed by atoms with Gasteiger partial charge in [-0.2, -0.15) is 26.3 Å². The molecule has 2 heterocycles. The van der Waals surface area contributed by atoms with Crippen molar-refractivity contribution in [2.75, 3.05) is 0 Å². The molecule has 1 amide bonds. The van der Waals surface area contributed by atoms with Crippen molar-refractivity contribution in [1.82, 2.24) is 25.6 Å². The van der Waals surface area contributed by atoms with Crippen molar-refractivity contribution in [3.05, 3.63) is 41.7 Å². The molecule has 0 saturated carbocycles. The van der Waals surface area contributed by atoms with Crippen LogP contribution in [0.3, 0.4) is 0 Å². The molecule has 0 radical (unpaired) electrons. The molecule has 0 saturated heterocycles. The Morgan fingerprint density at radius 3 is 2.33 bits per heavy atom. The standard InChI is InChI=1S/C19H17F6N7O/c1-10-5-15(28-11(2)27-10)29-30-16(33)3-4-32-9-26-17(31-32)12-6-13(18(20,21)22)8-14(7-12)19(23,24)25/h3-4,6-10H,5H2,1-2H3,(H,30,33)(H,27,28,29). The highest BCUT2D eigenvalue weighted by atomic mass is 19.4. The first-order valence-corrected chi connectivity index (χ1v) is 9.38. The van der Waals surface area contributed by atoms with Crippen LogP contribution in [0.4, 0.5) is 26.3 Å². The van der Waals surface area contributed by atoms with Crippen LogP contribution in [-0.4, -0.2) is 38.4 Å². The van der Waals surface area contributed by atoms with Gasteiger partial charge in [0, 0.05) is 24.3 Å². The largest absolute Gasteiger partial charge is 0.416 e. The fourth-order valence-corrected chi connectivity index (χ4v) is 2.88. The summed E-state index contributed by atoms with van der Waals surface area (Å²) in [5, 5.41) is 3.81. The van der Waals surface area contributed by atoms with Gasteiger partial charge in [-0.25, -0.2) is 14.7 Å². The summed E-state index contributed by atoms with van der Waals surface area (Å²) in [6.45, 7) is 3.59. The Morgan fingerprint density at radius 1 is 1.12 bits per heavy atom. The Kier molecular flexibility index (Phi) is 6.56. The Hall–Kier alpha value is -3.71. The number of benzene rings is 1. The summed E-state index contributed by atoms with van der Waals surface area (Å²) in [4.78, 5) is 24.0. The second kappa shape index (κ2) is 9.03. The van der Waals surface area contributed by atoms with Crippen molar-refractivity contribution in [2.24, 2.45) is 9.98 Å². The molecule has 3 rings (SSSR count). The molecule has 176 valence electrons. The molecule has 1 aromatic heterocycles. The number of carbonyl (C=O) groups is 1. The number of carbonyl (C=O) groups excluding carboxylic acids is 1. The second-order valence-corrected chi connectivity index (χ2v) is 7.06. The van der Waals surface area contributed by atoms with Crippen molar-refractivity contribution in [1.29, 1.82) is 0 Å².